The number of rotatable bonds is 9. The largest absolute Gasteiger partial charge is 0.497 e. The number of aliphatic hydroxyl groups excluding tert-OH is 3. The number of epoxide rings is 1. The highest BCUT2D eigenvalue weighted by molar-refractivity contribution is 7.99. The Morgan fingerprint density at radius 1 is 1.33 bits per heavy atom. The highest BCUT2D eigenvalue weighted by Crippen LogP contribution is 2.59. The summed E-state index contributed by atoms with van der Waals surface area (Å²) in [4.78, 5) is 15.5. The fraction of sp³-hybridized carbons (Fsp3) is 0.731. The zero-order chi connectivity index (χ0) is 26.2. The van der Waals surface area contributed by atoms with E-state index >= 15 is 0 Å². The number of amides is 1. The van der Waals surface area contributed by atoms with Crippen molar-refractivity contribution < 1.29 is 34.3 Å². The molecule has 1 aromatic carbocycles. The van der Waals surface area contributed by atoms with Gasteiger partial charge in [-0.05, 0) is 56.7 Å². The molecule has 9 nitrogen and oxygen atoms in total. The summed E-state index contributed by atoms with van der Waals surface area (Å²) >= 11 is 1.26. The molecule has 202 valence electrons. The number of methoxy groups -OCH3 is 1. The Kier molecular flexibility index (Phi) is 8.55. The second-order valence-corrected chi connectivity index (χ2v) is 11.3. The van der Waals surface area contributed by atoms with E-state index in [1.807, 2.05) is 19.2 Å². The number of carbonyl (C=O) groups is 1. The average Bonchev–Trinajstić information content (AvgIpc) is 3.50. The van der Waals surface area contributed by atoms with E-state index in [1.54, 1.807) is 32.4 Å². The van der Waals surface area contributed by atoms with E-state index in [4.69, 9.17) is 14.2 Å². The minimum atomic E-state index is -1.32. The normalized spacial score (nSPS) is 38.1. The van der Waals surface area contributed by atoms with Crippen LogP contribution >= 0.6 is 11.8 Å². The number of hydrogen-bond acceptors (Lipinski definition) is 9. The summed E-state index contributed by atoms with van der Waals surface area (Å²) in [6.07, 6.45) is -0.241. The van der Waals surface area contributed by atoms with Crippen LogP contribution in [-0.2, 0) is 14.3 Å². The van der Waals surface area contributed by atoms with E-state index in [1.165, 1.54) is 11.8 Å². The number of likely N-dealkylation sites (tertiary alicyclic amines) is 1. The van der Waals surface area contributed by atoms with Crippen molar-refractivity contribution in [2.24, 2.45) is 5.92 Å². The fourth-order valence-corrected chi connectivity index (χ4v) is 6.59. The van der Waals surface area contributed by atoms with Crippen LogP contribution in [-0.4, -0.2) is 101 Å². The Bertz CT molecular complexity index is 903. The van der Waals surface area contributed by atoms with Gasteiger partial charge in [0.25, 0.3) is 0 Å². The Labute approximate surface area is 217 Å². The molecule has 4 rings (SSSR count). The number of nitrogens with zero attached hydrogens (tertiary/aromatic N) is 1. The molecule has 3 aliphatic rings. The first-order valence-electron chi connectivity index (χ1n) is 12.7. The van der Waals surface area contributed by atoms with Crippen molar-refractivity contribution in [3.8, 4) is 5.75 Å². The SMILES string of the molecule is CCC[C@@H]1C[C@@H](C(=O)N[C@@H]([C@H]2O[C@H](SC)[C@H](O)[C@@H](O)[C@@]23OC3c2ccc(OC)cc2)[C@@H](C)O)N(C)C1. The lowest BCUT2D eigenvalue weighted by Gasteiger charge is -2.45. The molecule has 0 bridgehead atoms. The van der Waals surface area contributed by atoms with E-state index in [9.17, 15) is 20.1 Å². The van der Waals surface area contributed by atoms with E-state index < -0.39 is 47.6 Å². The first-order chi connectivity index (χ1) is 17.2. The molecule has 1 spiro atoms. The van der Waals surface area contributed by atoms with Crippen molar-refractivity contribution in [2.45, 2.75) is 86.8 Å². The van der Waals surface area contributed by atoms with Crippen molar-refractivity contribution in [3.63, 3.8) is 0 Å². The number of benzene rings is 1. The van der Waals surface area contributed by atoms with Gasteiger partial charge in [-0.15, -0.1) is 11.8 Å². The third kappa shape index (κ3) is 5.01. The zero-order valence-electron chi connectivity index (χ0n) is 21.7. The van der Waals surface area contributed by atoms with Gasteiger partial charge in [-0.1, -0.05) is 25.5 Å². The van der Waals surface area contributed by atoms with Crippen LogP contribution < -0.4 is 10.1 Å². The number of thioether (sulfide) groups is 1. The Morgan fingerprint density at radius 3 is 2.61 bits per heavy atom. The first kappa shape index (κ1) is 27.6. The van der Waals surface area contributed by atoms with Crippen molar-refractivity contribution in [1.82, 2.24) is 10.2 Å². The molecule has 0 aromatic heterocycles. The number of carbonyl (C=O) groups excluding carboxylic acids is 1. The molecule has 3 fully saturated rings. The van der Waals surface area contributed by atoms with Crippen LogP contribution in [0.15, 0.2) is 24.3 Å². The van der Waals surface area contributed by atoms with Gasteiger partial charge < -0.3 is 34.8 Å². The summed E-state index contributed by atoms with van der Waals surface area (Å²) in [7, 11) is 3.53. The monoisotopic (exact) mass is 524 g/mol. The number of aliphatic hydroxyl groups is 3. The first-order valence-corrected chi connectivity index (χ1v) is 14.0. The van der Waals surface area contributed by atoms with Gasteiger partial charge in [0.2, 0.25) is 5.91 Å². The highest BCUT2D eigenvalue weighted by Gasteiger charge is 2.73. The summed E-state index contributed by atoms with van der Waals surface area (Å²) in [5, 5.41) is 36.0. The van der Waals surface area contributed by atoms with Gasteiger partial charge in [0.15, 0.2) is 5.60 Å². The lowest BCUT2D eigenvalue weighted by atomic mass is 9.79. The van der Waals surface area contributed by atoms with Crippen LogP contribution in [0.4, 0.5) is 0 Å². The maximum Gasteiger partial charge on any atom is 0.237 e. The molecule has 0 saturated carbocycles. The molecular formula is C26H40N2O7S. The molecule has 36 heavy (non-hydrogen) atoms. The number of ether oxygens (including phenoxy) is 3. The Hall–Kier alpha value is -1.40. The molecule has 0 radical (unpaired) electrons. The predicted octanol–water partition coefficient (Wildman–Crippen LogP) is 1.30. The van der Waals surface area contributed by atoms with Crippen molar-refractivity contribution >= 4 is 17.7 Å². The molecule has 1 unspecified atom stereocenters. The molecule has 1 aromatic rings. The van der Waals surface area contributed by atoms with Crippen LogP contribution in [0.2, 0.25) is 0 Å². The van der Waals surface area contributed by atoms with Gasteiger partial charge in [0, 0.05) is 6.54 Å². The summed E-state index contributed by atoms with van der Waals surface area (Å²) < 4.78 is 17.7. The van der Waals surface area contributed by atoms with Crippen molar-refractivity contribution in [3.05, 3.63) is 29.8 Å². The van der Waals surface area contributed by atoms with Crippen LogP contribution in [0, 0.1) is 5.92 Å². The summed E-state index contributed by atoms with van der Waals surface area (Å²) in [5.41, 5.74) is -1.27. The second-order valence-electron chi connectivity index (χ2n) is 10.3. The number of likely N-dealkylation sites (N-methyl/N-ethyl adjacent to an activating group) is 1. The average molecular weight is 525 g/mol. The highest BCUT2D eigenvalue weighted by atomic mass is 32.2. The molecule has 10 atom stereocenters. The summed E-state index contributed by atoms with van der Waals surface area (Å²) in [6.45, 7) is 4.60. The zero-order valence-corrected chi connectivity index (χ0v) is 22.5. The number of nitrogens with one attached hydrogen (secondary N) is 1. The molecule has 4 N–H and O–H groups in total. The van der Waals surface area contributed by atoms with Crippen LogP contribution in [0.1, 0.15) is 44.8 Å². The second kappa shape index (κ2) is 11.1. The van der Waals surface area contributed by atoms with E-state index in [0.29, 0.717) is 11.7 Å². The lowest BCUT2D eigenvalue weighted by molar-refractivity contribution is -0.195. The third-order valence-corrected chi connectivity index (χ3v) is 8.76. The van der Waals surface area contributed by atoms with Gasteiger partial charge in [0.1, 0.15) is 35.6 Å². The van der Waals surface area contributed by atoms with Gasteiger partial charge >= 0.3 is 0 Å². The summed E-state index contributed by atoms with van der Waals surface area (Å²) in [6, 6.07) is 6.13. The maximum absolute atomic E-state index is 13.4. The maximum atomic E-state index is 13.4. The molecule has 3 heterocycles. The van der Waals surface area contributed by atoms with Gasteiger partial charge in [-0.25, -0.2) is 0 Å². The minimum absolute atomic E-state index is 0.177. The van der Waals surface area contributed by atoms with E-state index in [0.717, 1.165) is 31.4 Å². The molecular weight excluding hydrogens is 484 g/mol. The lowest BCUT2D eigenvalue weighted by Crippen LogP contribution is -2.67. The van der Waals surface area contributed by atoms with E-state index in [2.05, 4.69) is 17.1 Å². The Balaban J connectivity index is 1.60. The van der Waals surface area contributed by atoms with Crippen molar-refractivity contribution in [2.75, 3.05) is 27.0 Å². The van der Waals surface area contributed by atoms with Gasteiger partial charge in [0.05, 0.1) is 25.3 Å². The predicted molar refractivity (Wildman–Crippen MR) is 137 cm³/mol. The topological polar surface area (TPSA) is 124 Å². The fourth-order valence-electron chi connectivity index (χ4n) is 5.93. The van der Waals surface area contributed by atoms with Crippen LogP contribution in [0.3, 0.4) is 0 Å². The van der Waals surface area contributed by atoms with E-state index in [-0.39, 0.29) is 11.9 Å². The molecule has 1 amide bonds. The van der Waals surface area contributed by atoms with Gasteiger partial charge in [-0.3, -0.25) is 9.69 Å². The molecule has 3 saturated heterocycles. The molecule has 0 aliphatic carbocycles. The number of hydrogen-bond donors (Lipinski definition) is 4. The minimum Gasteiger partial charge on any atom is -0.497 e. The van der Waals surface area contributed by atoms with Crippen LogP contribution in [0.25, 0.3) is 0 Å². The smallest absolute Gasteiger partial charge is 0.237 e. The standard InChI is InChI=1S/C26H40N2O7S/c1-6-7-15-12-18(28(3)13-15)24(32)27-19(14(2)29)23-26(21(31)20(30)25(34-23)36-5)22(35-26)16-8-10-17(33-4)11-9-16/h8-11,14-15,18-23,25,29-31H,6-7,12-13H2,1-5H3,(H,27,32)/t14-,15-,18+,19-,20-,21-,22?,23-,25-,26+/m1/s1. The quantitative estimate of drug-likeness (QED) is 0.354. The summed E-state index contributed by atoms with van der Waals surface area (Å²) in [5.74, 6) is 0.968. The van der Waals surface area contributed by atoms with Crippen molar-refractivity contribution in [1.29, 1.82) is 0 Å². The molecule has 3 aliphatic heterocycles. The van der Waals surface area contributed by atoms with Gasteiger partial charge in [-0.2, -0.15) is 0 Å². The molecule has 10 heteroatoms. The third-order valence-electron chi connectivity index (χ3n) is 7.90. The Morgan fingerprint density at radius 2 is 2.03 bits per heavy atom. The van der Waals surface area contributed by atoms with Crippen LogP contribution in [0.5, 0.6) is 5.75 Å².